The standard InChI is InChI=1S/C42H49N2O3.C41H47N2O3.Zn/c1-22(2)33-20-35(45-39-27(8)14-24(5)15-28(39)9)43-37(33)42(47-41-31(12)18-26(7)19-32(41)13)38-34(23(3)4)21-36(44-38)46-40-29(10)16-25(6)17-30(40)11;1-22(2)32-20-34(44-39-28(9)16-24(5)17-29(39)10)42-36(32)41(46-38-26(7)14-13-15-27(38)8)37-33(23(3)4)21-35(43-37)45-40-30(11)18-25(6)19-31(40)12;/h14-23H,1-13H3;13-23H,1-12H3;/q2*-1;+2/b42-37+;41-36+;. The minimum atomic E-state index is 0. The largest absolute Gasteiger partial charge is 2.00 e. The monoisotopic (exact) mass is 1310 g/mol. The topological polar surface area (TPSA) is 108 Å². The van der Waals surface area contributed by atoms with E-state index >= 15 is 0 Å². The number of aromatic nitrogens is 2. The molecule has 0 saturated carbocycles. The van der Waals surface area contributed by atoms with Crippen molar-refractivity contribution in [3.63, 3.8) is 0 Å². The molecule has 0 atom stereocenters. The van der Waals surface area contributed by atoms with Crippen molar-refractivity contribution in [2.24, 2.45) is 21.8 Å². The van der Waals surface area contributed by atoms with Crippen molar-refractivity contribution in [3.8, 4) is 46.3 Å². The summed E-state index contributed by atoms with van der Waals surface area (Å²) in [5.74, 6) is 8.90. The summed E-state index contributed by atoms with van der Waals surface area (Å²) >= 11 is 0. The fourth-order valence-electron chi connectivity index (χ4n) is 13.0. The summed E-state index contributed by atoms with van der Waals surface area (Å²) in [7, 11) is 0. The Morgan fingerprint density at radius 2 is 0.574 bits per heavy atom. The molecular weight excluding hydrogens is 1210 g/mol. The van der Waals surface area contributed by atoms with Gasteiger partial charge in [-0.2, -0.15) is 0 Å². The molecule has 0 unspecified atom stereocenters. The first kappa shape index (κ1) is 71.5. The summed E-state index contributed by atoms with van der Waals surface area (Å²) in [6.45, 7) is 52.8. The van der Waals surface area contributed by atoms with Crippen molar-refractivity contribution in [2.45, 2.75) is 185 Å². The molecule has 2 aliphatic rings. The normalized spacial score (nSPS) is 14.0. The smallest absolute Gasteiger partial charge is 0.624 e. The van der Waals surface area contributed by atoms with E-state index in [4.69, 9.17) is 48.4 Å². The Morgan fingerprint density at radius 1 is 0.319 bits per heavy atom. The van der Waals surface area contributed by atoms with Crippen LogP contribution in [0.4, 0.5) is 0 Å². The zero-order valence-corrected chi connectivity index (χ0v) is 63.5. The average Bonchev–Trinajstić information content (AvgIpc) is 1.62. The molecule has 2 aromatic heterocycles. The number of hydrogen-bond acceptors (Lipinski definition) is 8. The summed E-state index contributed by atoms with van der Waals surface area (Å²) in [4.78, 5) is 20.6. The SMILES string of the molecule is Cc1cc(C)c(OC2=N/C(=C(/Oc3c(C)cc(C)cc3C)c3[n-]c(Oc4c(C)cc(C)cc4C)cc3C(C)C)C(C(C)C)=C2)c(C)c1.Cc1cc(C)c(OC2=N/C(=C(/Oc3c(C)cccc3C)c3[n-]c(Oc4c(C)cc(C)cc4C)cc3C(C)C)C(C(C)C)=C2)c(C)c1.[Zn+2]. The first-order valence-corrected chi connectivity index (χ1v) is 32.8. The molecule has 0 amide bonds. The Hall–Kier alpha value is -8.40. The van der Waals surface area contributed by atoms with Crippen molar-refractivity contribution >= 4 is 23.3 Å². The van der Waals surface area contributed by atoms with E-state index in [1.54, 1.807) is 0 Å². The third-order valence-corrected chi connectivity index (χ3v) is 17.1. The quantitative estimate of drug-likeness (QED) is 0.0695. The average molecular weight is 1310 g/mol. The van der Waals surface area contributed by atoms with Crippen LogP contribution in [0.5, 0.6) is 46.3 Å². The van der Waals surface area contributed by atoms with Gasteiger partial charge in [-0.15, -0.1) is 0 Å². The van der Waals surface area contributed by atoms with E-state index in [2.05, 4.69) is 246 Å². The van der Waals surface area contributed by atoms with Gasteiger partial charge in [-0.25, -0.2) is 9.98 Å². The van der Waals surface area contributed by atoms with Crippen LogP contribution in [0.1, 0.15) is 184 Å². The van der Waals surface area contributed by atoms with Crippen molar-refractivity contribution in [3.05, 3.63) is 243 Å². The molecule has 0 aliphatic carbocycles. The van der Waals surface area contributed by atoms with Crippen molar-refractivity contribution < 1.29 is 47.9 Å². The molecule has 94 heavy (non-hydrogen) atoms. The molecule has 4 heterocycles. The molecule has 2 aliphatic heterocycles. The van der Waals surface area contributed by atoms with Crippen LogP contribution in [0.15, 0.2) is 136 Å². The molecule has 0 saturated heterocycles. The van der Waals surface area contributed by atoms with Crippen molar-refractivity contribution in [1.82, 2.24) is 9.97 Å². The van der Waals surface area contributed by atoms with Gasteiger partial charge in [-0.1, -0.05) is 185 Å². The number of aliphatic imine (C=N–C) groups is 2. The molecule has 0 spiro atoms. The number of aryl methyl sites for hydroxylation is 17. The van der Waals surface area contributed by atoms with Crippen LogP contribution < -0.4 is 38.4 Å². The first-order valence-electron chi connectivity index (χ1n) is 32.8. The Morgan fingerprint density at radius 3 is 0.840 bits per heavy atom. The molecule has 11 heteroatoms. The summed E-state index contributed by atoms with van der Waals surface area (Å²) in [5.41, 5.74) is 25.9. The summed E-state index contributed by atoms with van der Waals surface area (Å²) in [5, 5.41) is 0. The van der Waals surface area contributed by atoms with Crippen LogP contribution in [0, 0.1) is 130 Å². The minimum Gasteiger partial charge on any atom is -0.624 e. The molecule has 0 N–H and O–H groups in total. The van der Waals surface area contributed by atoms with E-state index < -0.39 is 0 Å². The second kappa shape index (κ2) is 29.5. The van der Waals surface area contributed by atoms with Gasteiger partial charge in [0.1, 0.15) is 57.4 Å². The molecule has 6 aromatic carbocycles. The number of allylic oxidation sites excluding steroid dienone is 2. The summed E-state index contributed by atoms with van der Waals surface area (Å²) in [6.07, 6.45) is 4.09. The molecule has 0 bridgehead atoms. The van der Waals surface area contributed by atoms with E-state index in [1.165, 1.54) is 27.8 Å². The Balaban J connectivity index is 0.000000239. The van der Waals surface area contributed by atoms with E-state index in [0.717, 1.165) is 146 Å². The van der Waals surface area contributed by atoms with Gasteiger partial charge in [-0.05, 0) is 231 Å². The molecule has 0 radical (unpaired) electrons. The molecule has 8 aromatic rings. The number of benzene rings is 6. The number of hydrogen-bond donors (Lipinski definition) is 0. The van der Waals surface area contributed by atoms with Crippen LogP contribution in [0.2, 0.25) is 0 Å². The fraction of sp³-hybridized carbons (Fsp3) is 0.349. The number of ether oxygens (including phenoxy) is 6. The molecule has 0 fully saturated rings. The zero-order chi connectivity index (χ0) is 67.8. The summed E-state index contributed by atoms with van der Waals surface area (Å²) in [6, 6.07) is 31.7. The Labute approximate surface area is 573 Å². The van der Waals surface area contributed by atoms with Crippen LogP contribution in [-0.2, 0) is 19.5 Å². The van der Waals surface area contributed by atoms with Gasteiger partial charge in [0.05, 0.1) is 0 Å². The van der Waals surface area contributed by atoms with Gasteiger partial charge in [0, 0.05) is 23.9 Å². The van der Waals surface area contributed by atoms with Crippen LogP contribution in [-0.4, -0.2) is 11.8 Å². The third kappa shape index (κ3) is 15.9. The number of nitrogens with zero attached hydrogens (tertiary/aromatic N) is 4. The number of rotatable bonds is 16. The van der Waals surface area contributed by atoms with Gasteiger partial charge < -0.3 is 38.4 Å². The zero-order valence-electron chi connectivity index (χ0n) is 60.6. The Bertz CT molecular complexity index is 4280. The van der Waals surface area contributed by atoms with Crippen molar-refractivity contribution in [1.29, 1.82) is 0 Å². The molecule has 10 rings (SSSR count). The van der Waals surface area contributed by atoms with E-state index in [1.807, 2.05) is 30.4 Å². The molecular formula is C83H96N4O6Zn. The predicted octanol–water partition coefficient (Wildman–Crippen LogP) is 22.0. The Kier molecular flexibility index (Phi) is 22.4. The minimum absolute atomic E-state index is 0. The van der Waals surface area contributed by atoms with Gasteiger partial charge in [0.15, 0.2) is 0 Å². The van der Waals surface area contributed by atoms with Crippen LogP contribution in [0.3, 0.4) is 0 Å². The first-order chi connectivity index (χ1) is 43.8. The second-order valence-electron chi connectivity index (χ2n) is 27.3. The van der Waals surface area contributed by atoms with E-state index in [0.29, 0.717) is 35.1 Å². The maximum absolute atomic E-state index is 7.02. The maximum atomic E-state index is 7.02. The van der Waals surface area contributed by atoms with Crippen LogP contribution in [0.25, 0.3) is 11.5 Å². The van der Waals surface area contributed by atoms with Crippen molar-refractivity contribution in [2.75, 3.05) is 0 Å². The molecule has 486 valence electrons. The van der Waals surface area contributed by atoms with Gasteiger partial charge in [-0.3, -0.25) is 0 Å². The molecule has 10 nitrogen and oxygen atoms in total. The van der Waals surface area contributed by atoms with Gasteiger partial charge in [0.2, 0.25) is 11.8 Å². The van der Waals surface area contributed by atoms with Gasteiger partial charge in [0.25, 0.3) is 0 Å². The van der Waals surface area contributed by atoms with Crippen LogP contribution >= 0.6 is 0 Å². The van der Waals surface area contributed by atoms with E-state index in [-0.39, 0.29) is 43.1 Å². The maximum Gasteiger partial charge on any atom is 2.00 e. The van der Waals surface area contributed by atoms with Gasteiger partial charge >= 0.3 is 19.5 Å². The second-order valence-corrected chi connectivity index (χ2v) is 27.3. The van der Waals surface area contributed by atoms with E-state index in [9.17, 15) is 0 Å². The fourth-order valence-corrected chi connectivity index (χ4v) is 13.0. The summed E-state index contributed by atoms with van der Waals surface area (Å²) < 4.78 is 40.1. The number of para-hydroxylation sites is 1. The third-order valence-electron chi connectivity index (χ3n) is 17.1. The predicted molar refractivity (Wildman–Crippen MR) is 384 cm³/mol.